The van der Waals surface area contributed by atoms with Crippen molar-refractivity contribution < 1.29 is 0 Å². The van der Waals surface area contributed by atoms with Crippen molar-refractivity contribution in [3.8, 4) is 0 Å². The van der Waals surface area contributed by atoms with E-state index >= 15 is 0 Å². The molecule has 1 saturated heterocycles. The Balaban J connectivity index is 1.70. The van der Waals surface area contributed by atoms with Crippen LogP contribution >= 0.6 is 0 Å². The zero-order valence-corrected chi connectivity index (χ0v) is 7.81. The molecule has 2 rings (SSSR count). The summed E-state index contributed by atoms with van der Waals surface area (Å²) in [6, 6.07) is 0. The lowest BCUT2D eigenvalue weighted by atomic mass is 9.86. The zero-order chi connectivity index (χ0) is 8.23. The van der Waals surface area contributed by atoms with Crippen LogP contribution in [-0.2, 0) is 0 Å². The molecule has 1 N–H and O–H groups in total. The molecule has 2 aliphatic rings. The first kappa shape index (κ1) is 8.31. The lowest BCUT2D eigenvalue weighted by Gasteiger charge is -2.23. The van der Waals surface area contributed by atoms with Gasteiger partial charge in [0.2, 0.25) is 0 Å². The molecule has 0 amide bonds. The average Bonchev–Trinajstić information content (AvgIpc) is 2.04. The maximum Gasteiger partial charge on any atom is 0.0180 e. The summed E-state index contributed by atoms with van der Waals surface area (Å²) in [5.74, 6) is 1.02. The molecule has 0 spiro atoms. The van der Waals surface area contributed by atoms with Crippen molar-refractivity contribution in [2.75, 3.05) is 13.1 Å². The second kappa shape index (κ2) is 4.08. The van der Waals surface area contributed by atoms with E-state index in [2.05, 4.69) is 11.4 Å². The zero-order valence-electron chi connectivity index (χ0n) is 7.81. The summed E-state index contributed by atoms with van der Waals surface area (Å²) in [6.45, 7) is 2.32. The molecule has 1 saturated carbocycles. The molecule has 0 aromatic carbocycles. The van der Waals surface area contributed by atoms with Crippen molar-refractivity contribution in [2.24, 2.45) is 5.92 Å². The topological polar surface area (TPSA) is 12.0 Å². The van der Waals surface area contributed by atoms with Gasteiger partial charge in [0.15, 0.2) is 0 Å². The van der Waals surface area contributed by atoms with Gasteiger partial charge in [-0.25, -0.2) is 0 Å². The standard InChI is InChI=1S/C11H19N/c1-2-4-10(5-3-1)6-7-11-8-12-9-11/h7,10,12H,1-6,8-9H2. The van der Waals surface area contributed by atoms with Crippen LogP contribution in [-0.4, -0.2) is 13.1 Å². The number of rotatable bonds is 2. The Morgan fingerprint density at radius 1 is 1.17 bits per heavy atom. The summed E-state index contributed by atoms with van der Waals surface area (Å²) in [5.41, 5.74) is 1.64. The first-order chi connectivity index (χ1) is 5.95. The third-order valence-corrected chi connectivity index (χ3v) is 3.17. The fraction of sp³-hybridized carbons (Fsp3) is 0.818. The first-order valence-corrected chi connectivity index (χ1v) is 5.34. The van der Waals surface area contributed by atoms with Crippen molar-refractivity contribution in [3.63, 3.8) is 0 Å². The Bertz CT molecular complexity index is 160. The first-order valence-electron chi connectivity index (χ1n) is 5.34. The van der Waals surface area contributed by atoms with Gasteiger partial charge >= 0.3 is 0 Å². The molecule has 1 nitrogen and oxygen atoms in total. The molecule has 0 unspecified atom stereocenters. The van der Waals surface area contributed by atoms with Crippen molar-refractivity contribution in [2.45, 2.75) is 38.5 Å². The van der Waals surface area contributed by atoms with Gasteiger partial charge in [0.25, 0.3) is 0 Å². The third-order valence-electron chi connectivity index (χ3n) is 3.17. The molecule has 0 aromatic rings. The molecule has 1 heteroatoms. The minimum atomic E-state index is 1.02. The van der Waals surface area contributed by atoms with Crippen molar-refractivity contribution >= 4 is 0 Å². The molecular weight excluding hydrogens is 146 g/mol. The maximum atomic E-state index is 3.28. The Morgan fingerprint density at radius 2 is 1.92 bits per heavy atom. The van der Waals surface area contributed by atoms with Crippen LogP contribution in [0, 0.1) is 5.92 Å². The summed E-state index contributed by atoms with van der Waals surface area (Å²) in [6.07, 6.45) is 11.2. The Hall–Kier alpha value is -0.300. The smallest absolute Gasteiger partial charge is 0.0180 e. The van der Waals surface area contributed by atoms with Crippen LogP contribution in [0.5, 0.6) is 0 Å². The summed E-state index contributed by atoms with van der Waals surface area (Å²) in [5, 5.41) is 3.28. The van der Waals surface area contributed by atoms with Gasteiger partial charge in [0.1, 0.15) is 0 Å². The van der Waals surface area contributed by atoms with E-state index in [0.717, 1.165) is 19.0 Å². The average molecular weight is 165 g/mol. The second-order valence-corrected chi connectivity index (χ2v) is 4.21. The van der Waals surface area contributed by atoms with Gasteiger partial charge in [0, 0.05) is 13.1 Å². The van der Waals surface area contributed by atoms with Crippen molar-refractivity contribution in [1.82, 2.24) is 5.32 Å². The van der Waals surface area contributed by atoms with Gasteiger partial charge in [-0.15, -0.1) is 0 Å². The highest BCUT2D eigenvalue weighted by atomic mass is 14.9. The molecule has 1 heterocycles. The summed E-state index contributed by atoms with van der Waals surface area (Å²) >= 11 is 0. The molecule has 0 radical (unpaired) electrons. The van der Waals surface area contributed by atoms with Crippen LogP contribution in [0.4, 0.5) is 0 Å². The van der Waals surface area contributed by atoms with Crippen molar-refractivity contribution in [1.29, 1.82) is 0 Å². The molecule has 12 heavy (non-hydrogen) atoms. The lowest BCUT2D eigenvalue weighted by molar-refractivity contribution is 0.360. The number of nitrogens with one attached hydrogen (secondary N) is 1. The van der Waals surface area contributed by atoms with Crippen LogP contribution in [0.1, 0.15) is 38.5 Å². The summed E-state index contributed by atoms with van der Waals surface area (Å²) < 4.78 is 0. The van der Waals surface area contributed by atoms with Gasteiger partial charge in [-0.05, 0) is 17.9 Å². The van der Waals surface area contributed by atoms with E-state index in [1.807, 2.05) is 0 Å². The van der Waals surface area contributed by atoms with Crippen molar-refractivity contribution in [3.05, 3.63) is 11.6 Å². The summed E-state index contributed by atoms with van der Waals surface area (Å²) in [7, 11) is 0. The second-order valence-electron chi connectivity index (χ2n) is 4.21. The van der Waals surface area contributed by atoms with Crippen LogP contribution in [0.3, 0.4) is 0 Å². The van der Waals surface area contributed by atoms with Gasteiger partial charge in [-0.2, -0.15) is 0 Å². The molecular formula is C11H19N. The fourth-order valence-electron chi connectivity index (χ4n) is 2.17. The highest BCUT2D eigenvalue weighted by Crippen LogP contribution is 2.27. The molecule has 0 atom stereocenters. The molecule has 0 bridgehead atoms. The Labute approximate surface area is 75.2 Å². The van der Waals surface area contributed by atoms with E-state index in [1.165, 1.54) is 38.5 Å². The minimum Gasteiger partial charge on any atom is -0.309 e. The van der Waals surface area contributed by atoms with E-state index in [4.69, 9.17) is 0 Å². The predicted octanol–water partition coefficient (Wildman–Crippen LogP) is 2.49. The van der Waals surface area contributed by atoms with Gasteiger partial charge in [-0.3, -0.25) is 0 Å². The van der Waals surface area contributed by atoms with Gasteiger partial charge in [-0.1, -0.05) is 38.2 Å². The molecule has 1 aliphatic carbocycles. The predicted molar refractivity (Wildman–Crippen MR) is 52.1 cm³/mol. The number of allylic oxidation sites excluding steroid dienone is 1. The van der Waals surface area contributed by atoms with Crippen LogP contribution in [0.25, 0.3) is 0 Å². The largest absolute Gasteiger partial charge is 0.309 e. The van der Waals surface area contributed by atoms with E-state index in [1.54, 1.807) is 5.57 Å². The molecule has 68 valence electrons. The summed E-state index contributed by atoms with van der Waals surface area (Å²) in [4.78, 5) is 0. The molecule has 1 aliphatic heterocycles. The van der Waals surface area contributed by atoms with E-state index in [9.17, 15) is 0 Å². The molecule has 0 aromatic heterocycles. The van der Waals surface area contributed by atoms with Crippen LogP contribution in [0.15, 0.2) is 11.6 Å². The highest BCUT2D eigenvalue weighted by Gasteiger charge is 2.13. The Kier molecular flexibility index (Phi) is 2.83. The Morgan fingerprint density at radius 3 is 2.50 bits per heavy atom. The normalized spacial score (nSPS) is 25.2. The van der Waals surface area contributed by atoms with Crippen LogP contribution < -0.4 is 5.32 Å². The van der Waals surface area contributed by atoms with E-state index < -0.39 is 0 Å². The quantitative estimate of drug-likeness (QED) is 0.620. The fourth-order valence-corrected chi connectivity index (χ4v) is 2.17. The number of hydrogen-bond donors (Lipinski definition) is 1. The van der Waals surface area contributed by atoms with Crippen LogP contribution in [0.2, 0.25) is 0 Å². The highest BCUT2D eigenvalue weighted by molar-refractivity contribution is 5.13. The lowest BCUT2D eigenvalue weighted by Crippen LogP contribution is -2.33. The third kappa shape index (κ3) is 2.10. The van der Waals surface area contributed by atoms with E-state index in [0.29, 0.717) is 0 Å². The maximum absolute atomic E-state index is 3.28. The monoisotopic (exact) mass is 165 g/mol. The van der Waals surface area contributed by atoms with Gasteiger partial charge in [0.05, 0.1) is 0 Å². The van der Waals surface area contributed by atoms with Gasteiger partial charge < -0.3 is 5.32 Å². The van der Waals surface area contributed by atoms with E-state index in [-0.39, 0.29) is 0 Å². The number of hydrogen-bond acceptors (Lipinski definition) is 1. The minimum absolute atomic E-state index is 1.02. The SMILES string of the molecule is C(CC1CCCCC1)=C1CNC1. The molecule has 2 fully saturated rings.